The van der Waals surface area contributed by atoms with Crippen molar-refractivity contribution in [3.8, 4) is 0 Å². The zero-order valence-electron chi connectivity index (χ0n) is 14.6. The second-order valence-electron chi connectivity index (χ2n) is 6.29. The van der Waals surface area contributed by atoms with Crippen LogP contribution in [0.5, 0.6) is 0 Å². The maximum absolute atomic E-state index is 11.9. The fourth-order valence-corrected chi connectivity index (χ4v) is 2.61. The van der Waals surface area contributed by atoms with Crippen molar-refractivity contribution in [3.63, 3.8) is 0 Å². The molecule has 0 aliphatic carbocycles. The van der Waals surface area contributed by atoms with Crippen LogP contribution in [-0.4, -0.2) is 29.4 Å². The van der Waals surface area contributed by atoms with E-state index in [9.17, 15) is 19.7 Å². The number of esters is 1. The first-order valence-electron chi connectivity index (χ1n) is 8.11. The molecule has 0 saturated heterocycles. The molecule has 0 aliphatic rings. The van der Waals surface area contributed by atoms with Gasteiger partial charge in [-0.05, 0) is 47.3 Å². The van der Waals surface area contributed by atoms with E-state index in [1.165, 1.54) is 12.1 Å². The molecule has 0 aliphatic heterocycles. The Bertz CT molecular complexity index is 633. The van der Waals surface area contributed by atoms with Crippen molar-refractivity contribution in [1.82, 2.24) is 5.32 Å². The summed E-state index contributed by atoms with van der Waals surface area (Å²) in [7, 11) is 0. The van der Waals surface area contributed by atoms with Gasteiger partial charge in [0, 0.05) is 12.1 Å². The maximum Gasteiger partial charge on any atom is 0.338 e. The normalized spacial score (nSPS) is 11.9. The van der Waals surface area contributed by atoms with Gasteiger partial charge < -0.3 is 10.1 Å². The summed E-state index contributed by atoms with van der Waals surface area (Å²) < 4.78 is 5.18. The van der Waals surface area contributed by atoms with Crippen LogP contribution < -0.4 is 5.32 Å². The van der Waals surface area contributed by atoms with Crippen LogP contribution >= 0.6 is 15.9 Å². The molecule has 1 amide bonds. The molecule has 25 heavy (non-hydrogen) atoms. The summed E-state index contributed by atoms with van der Waals surface area (Å²) in [6, 6.07) is 3.90. The van der Waals surface area contributed by atoms with Crippen LogP contribution in [0.1, 0.15) is 50.4 Å². The lowest BCUT2D eigenvalue weighted by Gasteiger charge is -2.14. The quantitative estimate of drug-likeness (QED) is 0.375. The first-order chi connectivity index (χ1) is 11.7. The van der Waals surface area contributed by atoms with Gasteiger partial charge in [0.15, 0.2) is 6.61 Å². The monoisotopic (exact) mass is 414 g/mol. The molecule has 8 heteroatoms. The van der Waals surface area contributed by atoms with Gasteiger partial charge in [-0.15, -0.1) is 0 Å². The van der Waals surface area contributed by atoms with Crippen molar-refractivity contribution in [3.05, 3.63) is 38.3 Å². The molecule has 0 heterocycles. The number of nitro benzene ring substituents is 1. The topological polar surface area (TPSA) is 98.5 Å². The van der Waals surface area contributed by atoms with E-state index in [0.717, 1.165) is 25.3 Å². The molecule has 7 nitrogen and oxygen atoms in total. The maximum atomic E-state index is 11.9. The molecule has 0 saturated carbocycles. The van der Waals surface area contributed by atoms with Crippen LogP contribution in [0.25, 0.3) is 0 Å². The van der Waals surface area contributed by atoms with Gasteiger partial charge in [-0.1, -0.05) is 26.7 Å². The molecule has 0 aromatic heterocycles. The van der Waals surface area contributed by atoms with Crippen LogP contribution in [0.4, 0.5) is 5.69 Å². The van der Waals surface area contributed by atoms with Crippen molar-refractivity contribution >= 4 is 33.5 Å². The van der Waals surface area contributed by atoms with Crippen molar-refractivity contribution in [2.24, 2.45) is 5.92 Å². The van der Waals surface area contributed by atoms with E-state index in [0.29, 0.717) is 5.92 Å². The minimum Gasteiger partial charge on any atom is -0.452 e. The highest BCUT2D eigenvalue weighted by atomic mass is 79.9. The molecule has 1 atom stereocenters. The van der Waals surface area contributed by atoms with Gasteiger partial charge in [0.2, 0.25) is 0 Å². The van der Waals surface area contributed by atoms with Crippen molar-refractivity contribution < 1.29 is 19.2 Å². The molecule has 1 unspecified atom stereocenters. The number of ether oxygens (including phenoxy) is 1. The fraction of sp³-hybridized carbons (Fsp3) is 0.529. The van der Waals surface area contributed by atoms with Crippen molar-refractivity contribution in [2.45, 2.75) is 46.1 Å². The summed E-state index contributed by atoms with van der Waals surface area (Å²) in [5.74, 6) is -0.547. The number of hydrogen-bond donors (Lipinski definition) is 1. The van der Waals surface area contributed by atoms with E-state index in [1.807, 2.05) is 6.92 Å². The lowest BCUT2D eigenvalue weighted by molar-refractivity contribution is -0.385. The number of carbonyl (C=O) groups excluding carboxylic acids is 2. The van der Waals surface area contributed by atoms with Crippen LogP contribution in [-0.2, 0) is 9.53 Å². The molecule has 0 bridgehead atoms. The van der Waals surface area contributed by atoms with Gasteiger partial charge in [0.1, 0.15) is 0 Å². The molecular formula is C17H23BrN2O5. The van der Waals surface area contributed by atoms with Gasteiger partial charge in [-0.3, -0.25) is 14.9 Å². The summed E-state index contributed by atoms with van der Waals surface area (Å²) in [6.07, 6.45) is 2.97. The highest BCUT2D eigenvalue weighted by Gasteiger charge is 2.18. The molecule has 1 N–H and O–H groups in total. The second-order valence-corrected chi connectivity index (χ2v) is 7.15. The first kappa shape index (κ1) is 21.1. The summed E-state index contributed by atoms with van der Waals surface area (Å²) in [5, 5.41) is 13.6. The standard InChI is InChI=1S/C17H23BrN2O5/c1-11(2)5-4-6-12(3)19-16(21)10-25-17(22)13-7-8-14(18)15(9-13)20(23)24/h7-9,11-12H,4-6,10H2,1-3H3,(H,19,21). The van der Waals surface area contributed by atoms with E-state index in [1.54, 1.807) is 0 Å². The van der Waals surface area contributed by atoms with Gasteiger partial charge in [-0.25, -0.2) is 4.79 Å². The third-order valence-electron chi connectivity index (χ3n) is 3.54. The minimum absolute atomic E-state index is 0.00119. The summed E-state index contributed by atoms with van der Waals surface area (Å²) >= 11 is 3.04. The Balaban J connectivity index is 2.47. The predicted octanol–water partition coefficient (Wildman–Crippen LogP) is 3.85. The zero-order chi connectivity index (χ0) is 19.0. The van der Waals surface area contributed by atoms with E-state index in [4.69, 9.17) is 4.74 Å². The van der Waals surface area contributed by atoms with Gasteiger partial charge in [-0.2, -0.15) is 0 Å². The Labute approximate surface area is 155 Å². The minimum atomic E-state index is -0.779. The molecule has 1 rings (SSSR count). The van der Waals surface area contributed by atoms with Crippen LogP contribution in [0.2, 0.25) is 0 Å². The molecule has 0 radical (unpaired) electrons. The molecule has 0 spiro atoms. The third-order valence-corrected chi connectivity index (χ3v) is 4.21. The molecule has 1 aromatic rings. The first-order valence-corrected chi connectivity index (χ1v) is 8.90. The average Bonchev–Trinajstić information content (AvgIpc) is 2.52. The second kappa shape index (κ2) is 10.1. The Morgan fingerprint density at radius 1 is 1.28 bits per heavy atom. The van der Waals surface area contributed by atoms with Gasteiger partial charge in [0.25, 0.3) is 11.6 Å². The number of benzene rings is 1. The molecule has 138 valence electrons. The number of nitrogens with zero attached hydrogens (tertiary/aromatic N) is 1. The number of amides is 1. The zero-order valence-corrected chi connectivity index (χ0v) is 16.2. The highest BCUT2D eigenvalue weighted by molar-refractivity contribution is 9.10. The van der Waals surface area contributed by atoms with E-state index >= 15 is 0 Å². The SMILES string of the molecule is CC(C)CCCC(C)NC(=O)COC(=O)c1ccc(Br)c([N+](=O)[O-])c1. The fourth-order valence-electron chi connectivity index (χ4n) is 2.21. The number of nitrogens with one attached hydrogen (secondary N) is 1. The van der Waals surface area contributed by atoms with Crippen LogP contribution in [0.3, 0.4) is 0 Å². The van der Waals surface area contributed by atoms with Gasteiger partial charge in [0.05, 0.1) is 15.0 Å². The van der Waals surface area contributed by atoms with Crippen LogP contribution in [0, 0.1) is 16.0 Å². The van der Waals surface area contributed by atoms with E-state index in [2.05, 4.69) is 35.1 Å². The van der Waals surface area contributed by atoms with E-state index < -0.39 is 23.4 Å². The summed E-state index contributed by atoms with van der Waals surface area (Å²) in [4.78, 5) is 34.0. The lowest BCUT2D eigenvalue weighted by Crippen LogP contribution is -2.35. The Hall–Kier alpha value is -1.96. The Morgan fingerprint density at radius 3 is 2.56 bits per heavy atom. The third kappa shape index (κ3) is 7.64. The molecule has 1 aromatic carbocycles. The number of hydrogen-bond acceptors (Lipinski definition) is 5. The summed E-state index contributed by atoms with van der Waals surface area (Å²) in [5.41, 5.74) is -0.217. The van der Waals surface area contributed by atoms with Crippen LogP contribution in [0.15, 0.2) is 22.7 Å². The Morgan fingerprint density at radius 2 is 1.96 bits per heavy atom. The number of halogens is 1. The van der Waals surface area contributed by atoms with Crippen molar-refractivity contribution in [2.75, 3.05) is 6.61 Å². The van der Waals surface area contributed by atoms with Gasteiger partial charge >= 0.3 is 5.97 Å². The van der Waals surface area contributed by atoms with E-state index in [-0.39, 0.29) is 21.8 Å². The van der Waals surface area contributed by atoms with Crippen molar-refractivity contribution in [1.29, 1.82) is 0 Å². The smallest absolute Gasteiger partial charge is 0.338 e. The largest absolute Gasteiger partial charge is 0.452 e. The lowest BCUT2D eigenvalue weighted by atomic mass is 10.0. The number of carbonyl (C=O) groups is 2. The predicted molar refractivity (Wildman–Crippen MR) is 97.4 cm³/mol. The number of nitro groups is 1. The molecule has 0 fully saturated rings. The Kier molecular flexibility index (Phi) is 8.54. The highest BCUT2D eigenvalue weighted by Crippen LogP contribution is 2.25. The average molecular weight is 415 g/mol. The summed E-state index contributed by atoms with van der Waals surface area (Å²) in [6.45, 7) is 5.78. The molecular weight excluding hydrogens is 392 g/mol. The number of rotatable bonds is 9.